The van der Waals surface area contributed by atoms with Gasteiger partial charge in [0.15, 0.2) is 0 Å². The topological polar surface area (TPSA) is 103 Å². The average Bonchev–Trinajstić information content (AvgIpc) is 3.18. The molecule has 1 N–H and O–H groups in total. The van der Waals surface area contributed by atoms with Crippen LogP contribution in [0, 0.1) is 15.9 Å². The summed E-state index contributed by atoms with van der Waals surface area (Å²) in [6.45, 7) is 1.60. The van der Waals surface area contributed by atoms with Crippen molar-refractivity contribution in [1.29, 1.82) is 0 Å². The van der Waals surface area contributed by atoms with Crippen molar-refractivity contribution in [2.45, 2.75) is 13.0 Å². The van der Waals surface area contributed by atoms with Crippen LogP contribution >= 0.6 is 23.2 Å². The zero-order valence-corrected chi connectivity index (χ0v) is 15.8. The fraction of sp³-hybridized carbons (Fsp3) is 0.118. The van der Waals surface area contributed by atoms with Gasteiger partial charge < -0.3 is 5.32 Å². The number of nitro groups is 1. The number of nitrogens with zero attached hydrogens (tertiary/aromatic N) is 4. The van der Waals surface area contributed by atoms with E-state index in [0.29, 0.717) is 5.56 Å². The van der Waals surface area contributed by atoms with Gasteiger partial charge >= 0.3 is 0 Å². The van der Waals surface area contributed by atoms with Crippen LogP contribution in [0.1, 0.15) is 28.9 Å². The minimum Gasteiger partial charge on any atom is -0.345 e. The second-order valence-corrected chi connectivity index (χ2v) is 6.60. The summed E-state index contributed by atoms with van der Waals surface area (Å²) in [5, 5.41) is 17.9. The van der Waals surface area contributed by atoms with Crippen LogP contribution in [0.4, 0.5) is 10.1 Å². The van der Waals surface area contributed by atoms with Crippen molar-refractivity contribution in [3.63, 3.8) is 0 Å². The number of hydrogen-bond acceptors (Lipinski definition) is 5. The summed E-state index contributed by atoms with van der Waals surface area (Å²) in [6, 6.07) is 5.64. The Bertz CT molecular complexity index is 1060. The Morgan fingerprint density at radius 1 is 1.29 bits per heavy atom. The van der Waals surface area contributed by atoms with Gasteiger partial charge in [-0.3, -0.25) is 14.9 Å². The van der Waals surface area contributed by atoms with Gasteiger partial charge in [0.05, 0.1) is 16.0 Å². The molecule has 2 aromatic carbocycles. The Morgan fingerprint density at radius 2 is 2.04 bits per heavy atom. The van der Waals surface area contributed by atoms with Gasteiger partial charge in [-0.2, -0.15) is 5.10 Å². The maximum Gasteiger partial charge on any atom is 0.295 e. The summed E-state index contributed by atoms with van der Waals surface area (Å²) in [7, 11) is 0. The number of nitro benzene ring substituents is 1. The second-order valence-electron chi connectivity index (χ2n) is 5.78. The van der Waals surface area contributed by atoms with E-state index in [1.54, 1.807) is 6.92 Å². The highest BCUT2D eigenvalue weighted by Gasteiger charge is 2.21. The first kappa shape index (κ1) is 19.7. The molecule has 0 fully saturated rings. The van der Waals surface area contributed by atoms with Gasteiger partial charge in [-0.1, -0.05) is 23.2 Å². The molecule has 0 saturated carbocycles. The van der Waals surface area contributed by atoms with Crippen LogP contribution in [0.15, 0.2) is 43.0 Å². The molecule has 1 unspecified atom stereocenters. The third-order valence-electron chi connectivity index (χ3n) is 3.95. The Kier molecular flexibility index (Phi) is 5.57. The highest BCUT2D eigenvalue weighted by molar-refractivity contribution is 6.35. The first-order chi connectivity index (χ1) is 13.3. The summed E-state index contributed by atoms with van der Waals surface area (Å²) < 4.78 is 14.9. The summed E-state index contributed by atoms with van der Waals surface area (Å²) in [5.74, 6) is -1.26. The van der Waals surface area contributed by atoms with Gasteiger partial charge in [0, 0.05) is 16.7 Å². The number of amides is 1. The molecule has 0 bridgehead atoms. The number of carbonyl (C=O) groups is 1. The van der Waals surface area contributed by atoms with E-state index >= 15 is 0 Å². The first-order valence-corrected chi connectivity index (χ1v) is 8.62. The number of hydrogen-bond donors (Lipinski definition) is 1. The summed E-state index contributed by atoms with van der Waals surface area (Å²) in [6.07, 6.45) is 2.54. The molecule has 28 heavy (non-hydrogen) atoms. The molecule has 0 saturated heterocycles. The molecule has 0 aliphatic carbocycles. The van der Waals surface area contributed by atoms with Gasteiger partial charge in [-0.25, -0.2) is 14.1 Å². The molecule has 1 amide bonds. The van der Waals surface area contributed by atoms with Crippen LogP contribution in [0.2, 0.25) is 10.0 Å². The van der Waals surface area contributed by atoms with E-state index in [1.165, 1.54) is 35.5 Å². The molecule has 11 heteroatoms. The van der Waals surface area contributed by atoms with Gasteiger partial charge in [0.2, 0.25) is 0 Å². The predicted octanol–water partition coefficient (Wildman–Crippen LogP) is 4.11. The van der Waals surface area contributed by atoms with Crippen LogP contribution in [-0.4, -0.2) is 25.6 Å². The molecule has 1 heterocycles. The fourth-order valence-electron chi connectivity index (χ4n) is 2.56. The number of nitrogens with one attached hydrogen (secondary N) is 1. The number of halogens is 3. The number of rotatable bonds is 5. The standard InChI is InChI=1S/C17H12Cl2FN5O3/c1-9(11-5-14(20)13(19)6-12(11)18)23-17(26)10-2-3-15(16(4-10)25(27)28)24-8-21-7-22-24/h2-9H,1H3,(H,23,26). The molecule has 0 spiro atoms. The lowest BCUT2D eigenvalue weighted by molar-refractivity contribution is -0.384. The summed E-state index contributed by atoms with van der Waals surface area (Å²) in [4.78, 5) is 27.0. The van der Waals surface area contributed by atoms with Gasteiger partial charge in [-0.05, 0) is 36.8 Å². The van der Waals surface area contributed by atoms with Gasteiger partial charge in [0.1, 0.15) is 24.2 Å². The predicted molar refractivity (Wildman–Crippen MR) is 100 cm³/mol. The van der Waals surface area contributed by atoms with Crippen molar-refractivity contribution in [2.75, 3.05) is 0 Å². The first-order valence-electron chi connectivity index (χ1n) is 7.86. The fourth-order valence-corrected chi connectivity index (χ4v) is 3.11. The minimum atomic E-state index is -0.671. The van der Waals surface area contributed by atoms with Crippen LogP contribution in [-0.2, 0) is 0 Å². The van der Waals surface area contributed by atoms with Gasteiger partial charge in [0.25, 0.3) is 11.6 Å². The maximum atomic E-state index is 13.7. The molecule has 3 aromatic rings. The Hall–Kier alpha value is -3.04. The minimum absolute atomic E-state index is 0.0490. The normalized spacial score (nSPS) is 11.9. The largest absolute Gasteiger partial charge is 0.345 e. The maximum absolute atomic E-state index is 13.7. The van der Waals surface area contributed by atoms with Gasteiger partial charge in [-0.15, -0.1) is 0 Å². The molecule has 0 radical (unpaired) electrons. The smallest absolute Gasteiger partial charge is 0.295 e. The monoisotopic (exact) mass is 423 g/mol. The van der Waals surface area contributed by atoms with Crippen molar-refractivity contribution in [3.05, 3.63) is 80.1 Å². The van der Waals surface area contributed by atoms with Crippen molar-refractivity contribution in [2.24, 2.45) is 0 Å². The second kappa shape index (κ2) is 7.91. The summed E-state index contributed by atoms with van der Waals surface area (Å²) >= 11 is 11.7. The van der Waals surface area contributed by atoms with E-state index in [2.05, 4.69) is 15.4 Å². The molecule has 0 aliphatic heterocycles. The molecule has 1 atom stereocenters. The lowest BCUT2D eigenvalue weighted by Gasteiger charge is -2.16. The lowest BCUT2D eigenvalue weighted by atomic mass is 10.1. The number of aromatic nitrogens is 3. The quantitative estimate of drug-likeness (QED) is 0.377. The highest BCUT2D eigenvalue weighted by atomic mass is 35.5. The number of carbonyl (C=O) groups excluding carboxylic acids is 1. The van der Waals surface area contributed by atoms with Crippen molar-refractivity contribution in [1.82, 2.24) is 20.1 Å². The molecule has 1 aromatic heterocycles. The van der Waals surface area contributed by atoms with E-state index in [0.717, 1.165) is 12.1 Å². The molecule has 0 aliphatic rings. The average molecular weight is 424 g/mol. The van der Waals surface area contributed by atoms with E-state index in [1.807, 2.05) is 0 Å². The lowest BCUT2D eigenvalue weighted by Crippen LogP contribution is -2.27. The van der Waals surface area contributed by atoms with E-state index in [4.69, 9.17) is 23.2 Å². The number of benzene rings is 2. The zero-order chi connectivity index (χ0) is 20.4. The van der Waals surface area contributed by atoms with Crippen molar-refractivity contribution >= 4 is 34.8 Å². The van der Waals surface area contributed by atoms with Crippen LogP contribution in [0.3, 0.4) is 0 Å². The molecule has 8 nitrogen and oxygen atoms in total. The van der Waals surface area contributed by atoms with E-state index < -0.39 is 22.7 Å². The Balaban J connectivity index is 1.88. The molecule has 3 rings (SSSR count). The van der Waals surface area contributed by atoms with Crippen molar-refractivity contribution in [3.8, 4) is 5.69 Å². The van der Waals surface area contributed by atoms with E-state index in [9.17, 15) is 19.3 Å². The van der Waals surface area contributed by atoms with Crippen LogP contribution < -0.4 is 5.32 Å². The third kappa shape index (κ3) is 3.95. The molecule has 144 valence electrons. The third-order valence-corrected chi connectivity index (χ3v) is 4.57. The molecular formula is C17H12Cl2FN5O3. The van der Waals surface area contributed by atoms with E-state index in [-0.39, 0.29) is 27.0 Å². The Morgan fingerprint density at radius 3 is 2.68 bits per heavy atom. The summed E-state index contributed by atoms with van der Waals surface area (Å²) in [5.41, 5.74) is 0.218. The Labute approximate surface area is 168 Å². The SMILES string of the molecule is CC(NC(=O)c1ccc(-n2cncn2)c([N+](=O)[O-])c1)c1cc(F)c(Cl)cc1Cl. The van der Waals surface area contributed by atoms with Crippen molar-refractivity contribution < 1.29 is 14.1 Å². The van der Waals surface area contributed by atoms with Crippen LogP contribution in [0.5, 0.6) is 0 Å². The molecular weight excluding hydrogens is 412 g/mol. The van der Waals surface area contributed by atoms with Crippen LogP contribution in [0.25, 0.3) is 5.69 Å². The highest BCUT2D eigenvalue weighted by Crippen LogP contribution is 2.29. The zero-order valence-electron chi connectivity index (χ0n) is 14.3.